The number of primary amides is 1. The SMILES string of the molecule is CN1CC(N)C(C(N)=O)C1. The van der Waals surface area contributed by atoms with Crippen LogP contribution in [0.2, 0.25) is 0 Å². The summed E-state index contributed by atoms with van der Waals surface area (Å²) in [6.07, 6.45) is 0. The highest BCUT2D eigenvalue weighted by Crippen LogP contribution is 2.11. The van der Waals surface area contributed by atoms with Crippen molar-refractivity contribution in [3.63, 3.8) is 0 Å². The second-order valence-electron chi connectivity index (χ2n) is 2.89. The van der Waals surface area contributed by atoms with Crippen molar-refractivity contribution >= 4 is 5.91 Å². The van der Waals surface area contributed by atoms with E-state index in [2.05, 4.69) is 0 Å². The summed E-state index contributed by atoms with van der Waals surface area (Å²) in [5.41, 5.74) is 10.7. The van der Waals surface area contributed by atoms with Gasteiger partial charge in [0.2, 0.25) is 5.91 Å². The van der Waals surface area contributed by atoms with Gasteiger partial charge in [-0.05, 0) is 7.05 Å². The zero-order valence-electron chi connectivity index (χ0n) is 6.08. The quantitative estimate of drug-likeness (QED) is 0.462. The summed E-state index contributed by atoms with van der Waals surface area (Å²) in [4.78, 5) is 12.7. The maximum absolute atomic E-state index is 10.7. The lowest BCUT2D eigenvalue weighted by atomic mass is 10.1. The molecule has 1 fully saturated rings. The number of nitrogens with zero attached hydrogens (tertiary/aromatic N) is 1. The summed E-state index contributed by atoms with van der Waals surface area (Å²) in [5, 5.41) is 0. The van der Waals surface area contributed by atoms with Crippen molar-refractivity contribution in [1.29, 1.82) is 0 Å². The second kappa shape index (κ2) is 2.56. The summed E-state index contributed by atoms with van der Waals surface area (Å²) >= 11 is 0. The first-order chi connectivity index (χ1) is 4.61. The molecular formula is C6H13N3O. The third-order valence-electron chi connectivity index (χ3n) is 1.91. The normalized spacial score (nSPS) is 34.6. The number of hydrogen-bond donors (Lipinski definition) is 2. The van der Waals surface area contributed by atoms with Gasteiger partial charge in [-0.3, -0.25) is 4.79 Å². The van der Waals surface area contributed by atoms with E-state index in [0.29, 0.717) is 6.54 Å². The number of amides is 1. The maximum atomic E-state index is 10.7. The number of carbonyl (C=O) groups excluding carboxylic acids is 1. The van der Waals surface area contributed by atoms with Crippen molar-refractivity contribution in [3.05, 3.63) is 0 Å². The van der Waals surface area contributed by atoms with E-state index in [1.807, 2.05) is 11.9 Å². The van der Waals surface area contributed by atoms with Gasteiger partial charge in [0.15, 0.2) is 0 Å². The Balaban J connectivity index is 2.54. The minimum absolute atomic E-state index is 0.0671. The Morgan fingerprint density at radius 3 is 2.40 bits per heavy atom. The van der Waals surface area contributed by atoms with Crippen LogP contribution in [-0.2, 0) is 4.79 Å². The van der Waals surface area contributed by atoms with E-state index in [0.717, 1.165) is 6.54 Å². The van der Waals surface area contributed by atoms with Crippen LogP contribution in [0.5, 0.6) is 0 Å². The van der Waals surface area contributed by atoms with Crippen LogP contribution < -0.4 is 11.5 Å². The first kappa shape index (κ1) is 7.50. The van der Waals surface area contributed by atoms with E-state index >= 15 is 0 Å². The Labute approximate surface area is 60.2 Å². The van der Waals surface area contributed by atoms with Crippen LogP contribution in [0.3, 0.4) is 0 Å². The van der Waals surface area contributed by atoms with Crippen LogP contribution in [0.1, 0.15) is 0 Å². The maximum Gasteiger partial charge on any atom is 0.223 e. The molecule has 1 saturated heterocycles. The number of nitrogens with two attached hydrogens (primary N) is 2. The Bertz CT molecular complexity index is 148. The van der Waals surface area contributed by atoms with Crippen molar-refractivity contribution in [3.8, 4) is 0 Å². The molecule has 0 aromatic rings. The Kier molecular flexibility index (Phi) is 1.92. The van der Waals surface area contributed by atoms with Gasteiger partial charge in [0, 0.05) is 19.1 Å². The van der Waals surface area contributed by atoms with Gasteiger partial charge in [-0.1, -0.05) is 0 Å². The predicted molar refractivity (Wildman–Crippen MR) is 38.2 cm³/mol. The minimum atomic E-state index is -0.281. The molecule has 1 rings (SSSR count). The molecule has 4 N–H and O–H groups in total. The van der Waals surface area contributed by atoms with Crippen LogP contribution >= 0.6 is 0 Å². The van der Waals surface area contributed by atoms with Crippen molar-refractivity contribution in [1.82, 2.24) is 4.90 Å². The molecular weight excluding hydrogens is 130 g/mol. The zero-order chi connectivity index (χ0) is 7.72. The number of hydrogen-bond acceptors (Lipinski definition) is 3. The fourth-order valence-corrected chi connectivity index (χ4v) is 1.33. The molecule has 0 aromatic carbocycles. The Hall–Kier alpha value is -0.610. The number of rotatable bonds is 1. The molecule has 1 aliphatic rings. The number of likely N-dealkylation sites (tertiary alicyclic amines) is 1. The van der Waals surface area contributed by atoms with Crippen LogP contribution in [0.4, 0.5) is 0 Å². The van der Waals surface area contributed by atoms with Crippen LogP contribution in [0.25, 0.3) is 0 Å². The van der Waals surface area contributed by atoms with Gasteiger partial charge in [-0.15, -0.1) is 0 Å². The summed E-state index contributed by atoms with van der Waals surface area (Å²) in [7, 11) is 1.93. The molecule has 2 atom stereocenters. The lowest BCUT2D eigenvalue weighted by Crippen LogP contribution is -2.37. The van der Waals surface area contributed by atoms with Crippen LogP contribution in [0, 0.1) is 5.92 Å². The summed E-state index contributed by atoms with van der Waals surface area (Å²) in [6.45, 7) is 1.48. The standard InChI is InChI=1S/C6H13N3O/c1-9-2-4(6(8)10)5(7)3-9/h4-5H,2-3,7H2,1H3,(H2,8,10). The van der Waals surface area contributed by atoms with Crippen molar-refractivity contribution in [2.75, 3.05) is 20.1 Å². The second-order valence-corrected chi connectivity index (χ2v) is 2.89. The van der Waals surface area contributed by atoms with E-state index in [1.54, 1.807) is 0 Å². The van der Waals surface area contributed by atoms with Gasteiger partial charge in [0.05, 0.1) is 5.92 Å². The van der Waals surface area contributed by atoms with Gasteiger partial charge in [0.1, 0.15) is 0 Å². The van der Waals surface area contributed by atoms with Crippen LogP contribution in [0.15, 0.2) is 0 Å². The van der Waals surface area contributed by atoms with Crippen molar-refractivity contribution in [2.45, 2.75) is 6.04 Å². The first-order valence-corrected chi connectivity index (χ1v) is 3.34. The van der Waals surface area contributed by atoms with Gasteiger partial charge in [-0.25, -0.2) is 0 Å². The minimum Gasteiger partial charge on any atom is -0.369 e. The number of carbonyl (C=O) groups is 1. The largest absolute Gasteiger partial charge is 0.369 e. The third kappa shape index (κ3) is 1.27. The average Bonchev–Trinajstić information content (AvgIpc) is 2.10. The average molecular weight is 143 g/mol. The topological polar surface area (TPSA) is 72.3 Å². The summed E-state index contributed by atoms with van der Waals surface area (Å²) < 4.78 is 0. The molecule has 10 heavy (non-hydrogen) atoms. The Morgan fingerprint density at radius 1 is 1.60 bits per heavy atom. The molecule has 0 spiro atoms. The lowest BCUT2D eigenvalue weighted by Gasteiger charge is -2.07. The van der Waals surface area contributed by atoms with Crippen LogP contribution in [-0.4, -0.2) is 37.0 Å². The van der Waals surface area contributed by atoms with Gasteiger partial charge in [-0.2, -0.15) is 0 Å². The monoisotopic (exact) mass is 143 g/mol. The molecule has 0 saturated carbocycles. The molecule has 4 nitrogen and oxygen atoms in total. The van der Waals surface area contributed by atoms with Gasteiger partial charge >= 0.3 is 0 Å². The van der Waals surface area contributed by atoms with E-state index in [4.69, 9.17) is 11.5 Å². The van der Waals surface area contributed by atoms with E-state index in [-0.39, 0.29) is 17.9 Å². The highest BCUT2D eigenvalue weighted by atomic mass is 16.1. The highest BCUT2D eigenvalue weighted by molar-refractivity contribution is 5.78. The lowest BCUT2D eigenvalue weighted by molar-refractivity contribution is -0.121. The smallest absolute Gasteiger partial charge is 0.223 e. The van der Waals surface area contributed by atoms with E-state index in [9.17, 15) is 4.79 Å². The molecule has 1 amide bonds. The van der Waals surface area contributed by atoms with E-state index in [1.165, 1.54) is 0 Å². The molecule has 0 aromatic heterocycles. The number of likely N-dealkylation sites (N-methyl/N-ethyl adjacent to an activating group) is 1. The Morgan fingerprint density at radius 2 is 2.20 bits per heavy atom. The van der Waals surface area contributed by atoms with Crippen molar-refractivity contribution in [2.24, 2.45) is 17.4 Å². The molecule has 1 heterocycles. The summed E-state index contributed by atoms with van der Waals surface area (Å²) in [6, 6.07) is -0.0671. The fourth-order valence-electron chi connectivity index (χ4n) is 1.33. The molecule has 0 aliphatic carbocycles. The van der Waals surface area contributed by atoms with Gasteiger partial charge in [0.25, 0.3) is 0 Å². The third-order valence-corrected chi connectivity index (χ3v) is 1.91. The first-order valence-electron chi connectivity index (χ1n) is 3.34. The molecule has 1 aliphatic heterocycles. The molecule has 4 heteroatoms. The molecule has 0 radical (unpaired) electrons. The van der Waals surface area contributed by atoms with Crippen molar-refractivity contribution < 1.29 is 4.79 Å². The molecule has 2 unspecified atom stereocenters. The fraction of sp³-hybridized carbons (Fsp3) is 0.833. The highest BCUT2D eigenvalue weighted by Gasteiger charge is 2.31. The molecule has 58 valence electrons. The predicted octanol–water partition coefficient (Wildman–Crippen LogP) is -1.64. The van der Waals surface area contributed by atoms with E-state index < -0.39 is 0 Å². The molecule has 0 bridgehead atoms. The summed E-state index contributed by atoms with van der Waals surface area (Å²) in [5.74, 6) is -0.429. The zero-order valence-corrected chi connectivity index (χ0v) is 6.08. The van der Waals surface area contributed by atoms with Gasteiger partial charge < -0.3 is 16.4 Å².